The highest BCUT2D eigenvalue weighted by atomic mass is 32.3. The van der Waals surface area contributed by atoms with Crippen LogP contribution in [0.5, 0.6) is 0 Å². The molecule has 208 valence electrons. The summed E-state index contributed by atoms with van der Waals surface area (Å²) in [7, 11) is 1.33. The molecule has 0 amide bonds. The van der Waals surface area contributed by atoms with Crippen LogP contribution in [0.15, 0.2) is 30.3 Å². The minimum atomic E-state index is -4.92. The second kappa shape index (κ2) is 24.7. The maximum Gasteiger partial charge on any atom is 0.215 e. The number of unbranched alkanes of at least 4 members (excludes halogenated alkanes) is 15. The lowest BCUT2D eigenvalue weighted by Gasteiger charge is -2.30. The average Bonchev–Trinajstić information content (AvgIpc) is 2.79. The Morgan fingerprint density at radius 3 is 1.37 bits per heavy atom. The highest BCUT2D eigenvalue weighted by molar-refractivity contribution is 7.79. The summed E-state index contributed by atoms with van der Waals surface area (Å²) >= 11 is 0. The van der Waals surface area contributed by atoms with Crippen molar-refractivity contribution in [1.29, 1.82) is 0 Å². The van der Waals surface area contributed by atoms with Gasteiger partial charge in [0.15, 0.2) is 0 Å². The molecule has 0 unspecified atom stereocenters. The van der Waals surface area contributed by atoms with E-state index in [1.165, 1.54) is 122 Å². The van der Waals surface area contributed by atoms with Crippen molar-refractivity contribution < 1.29 is 22.0 Å². The second-order valence-corrected chi connectivity index (χ2v) is 10.9. The van der Waals surface area contributed by atoms with Crippen molar-refractivity contribution in [2.45, 2.75) is 116 Å². The van der Waals surface area contributed by atoms with Gasteiger partial charge in [0.2, 0.25) is 10.4 Å². The van der Waals surface area contributed by atoms with Gasteiger partial charge in [0.1, 0.15) is 6.54 Å². The normalized spacial score (nSPS) is 11.3. The summed E-state index contributed by atoms with van der Waals surface area (Å²) in [4.78, 5) is 0. The molecule has 0 aliphatic carbocycles. The second-order valence-electron chi connectivity index (χ2n) is 10.0. The topological polar surface area (TPSA) is 103 Å². The Morgan fingerprint density at radius 1 is 0.714 bits per heavy atom. The molecule has 3 N–H and O–H groups in total. The molecule has 0 bridgehead atoms. The maximum absolute atomic E-state index is 8.63. The van der Waals surface area contributed by atoms with Crippen LogP contribution in [-0.2, 0) is 16.9 Å². The molecule has 0 radical (unpaired) electrons. The van der Waals surface area contributed by atoms with Gasteiger partial charge in [-0.3, -0.25) is 4.55 Å². The quantitative estimate of drug-likeness (QED) is 0.0883. The number of hydrogen-bond donors (Lipinski definition) is 2. The van der Waals surface area contributed by atoms with Gasteiger partial charge in [-0.1, -0.05) is 127 Å². The van der Waals surface area contributed by atoms with E-state index in [0.29, 0.717) is 0 Å². The molecular weight excluding hydrogens is 460 g/mol. The first-order valence-corrected chi connectivity index (χ1v) is 15.1. The zero-order valence-corrected chi connectivity index (χ0v) is 24.0. The smallest absolute Gasteiger partial charge is 0.215 e. The van der Waals surface area contributed by atoms with Gasteiger partial charge in [-0.15, -0.1) is 0 Å². The van der Waals surface area contributed by atoms with E-state index >= 15 is 0 Å². The Labute approximate surface area is 217 Å². The molecule has 0 aliphatic rings. The van der Waals surface area contributed by atoms with Gasteiger partial charge < -0.3 is 14.8 Å². The average molecular weight is 517 g/mol. The van der Waals surface area contributed by atoms with Crippen molar-refractivity contribution in [3.8, 4) is 0 Å². The molecule has 0 heterocycles. The van der Waals surface area contributed by atoms with Crippen LogP contribution in [-0.4, -0.2) is 49.7 Å². The lowest BCUT2D eigenvalue weighted by Crippen LogP contribution is -2.39. The van der Waals surface area contributed by atoms with Crippen LogP contribution in [0.2, 0.25) is 0 Å². The maximum atomic E-state index is 8.63. The van der Waals surface area contributed by atoms with Gasteiger partial charge in [-0.25, -0.2) is 8.42 Å². The van der Waals surface area contributed by atoms with Gasteiger partial charge in [0, 0.05) is 5.56 Å². The van der Waals surface area contributed by atoms with E-state index in [0.717, 1.165) is 11.0 Å². The number of quaternary nitrogens is 1. The molecule has 35 heavy (non-hydrogen) atoms. The zero-order valence-electron chi connectivity index (χ0n) is 23.2. The van der Waals surface area contributed by atoms with E-state index in [4.69, 9.17) is 17.5 Å². The van der Waals surface area contributed by atoms with E-state index < -0.39 is 10.4 Å². The van der Waals surface area contributed by atoms with Crippen molar-refractivity contribution in [1.82, 2.24) is 0 Å². The van der Waals surface area contributed by atoms with Crippen molar-refractivity contribution >= 4 is 10.4 Å². The van der Waals surface area contributed by atoms with E-state index in [1.54, 1.807) is 0 Å². The van der Waals surface area contributed by atoms with Crippen LogP contribution in [0, 0.1) is 0 Å². The lowest BCUT2D eigenvalue weighted by atomic mass is 10.0. The first kappa shape index (κ1) is 36.2. The fourth-order valence-corrected chi connectivity index (χ4v) is 4.24. The molecule has 0 saturated heterocycles. The number of nitrogens with zero attached hydrogens (tertiary/aromatic N) is 1. The first-order valence-electron chi connectivity index (χ1n) is 13.8. The summed E-state index contributed by atoms with van der Waals surface area (Å²) in [6.07, 6.45) is 23.2. The molecule has 1 rings (SSSR count). The summed E-state index contributed by atoms with van der Waals surface area (Å²) in [5, 5.41) is 0. The van der Waals surface area contributed by atoms with Gasteiger partial charge in [-0.05, 0) is 19.9 Å². The summed E-state index contributed by atoms with van der Waals surface area (Å²) in [5.74, 6) is 0. The van der Waals surface area contributed by atoms with E-state index in [2.05, 4.69) is 57.1 Å². The Bertz CT molecular complexity index is 644. The van der Waals surface area contributed by atoms with Crippen LogP contribution in [0.25, 0.3) is 0 Å². The van der Waals surface area contributed by atoms with Gasteiger partial charge in [-0.2, -0.15) is 0 Å². The Kier molecular flexibility index (Phi) is 25.5. The molecule has 1 aromatic carbocycles. The molecule has 0 atom stereocenters. The van der Waals surface area contributed by atoms with Crippen molar-refractivity contribution in [3.05, 3.63) is 35.9 Å². The molecule has 7 heteroatoms. The third-order valence-corrected chi connectivity index (χ3v) is 6.07. The largest absolute Gasteiger partial charge is 0.726 e. The zero-order chi connectivity index (χ0) is 26.8. The molecule has 0 saturated carbocycles. The summed E-state index contributed by atoms with van der Waals surface area (Å²) in [5.41, 5.74) is 5.96. The van der Waals surface area contributed by atoms with Crippen LogP contribution in [0.3, 0.4) is 0 Å². The molecule has 0 aliphatic heterocycles. The highest BCUT2D eigenvalue weighted by Crippen LogP contribution is 2.15. The number of rotatable bonds is 19. The molecule has 1 aromatic rings. The van der Waals surface area contributed by atoms with Crippen molar-refractivity contribution in [2.75, 3.05) is 27.7 Å². The van der Waals surface area contributed by atoms with Gasteiger partial charge in [0.05, 0.1) is 20.6 Å². The van der Waals surface area contributed by atoms with Crippen LogP contribution < -0.4 is 5.73 Å². The summed E-state index contributed by atoms with van der Waals surface area (Å²) < 4.78 is 33.9. The Hall–Kier alpha value is -0.990. The molecule has 0 aromatic heterocycles. The molecule has 0 fully saturated rings. The van der Waals surface area contributed by atoms with Crippen LogP contribution in [0.1, 0.15) is 115 Å². The van der Waals surface area contributed by atoms with E-state index in [1.807, 2.05) is 0 Å². The molecule has 0 spiro atoms. The summed E-state index contributed by atoms with van der Waals surface area (Å²) in [6.45, 7) is 4.75. The SMILES string of the molecule is CCCCCCCCCCCCCCCCCC[N+](C)(C)Cc1ccccc1.CN.O=S(=O)([O-])O. The minimum absolute atomic E-state index is 1.11. The molecule has 6 nitrogen and oxygen atoms in total. The molecular formula is C28H56N2O4S. The first-order chi connectivity index (χ1) is 16.6. The third kappa shape index (κ3) is 33.0. The van der Waals surface area contributed by atoms with E-state index in [9.17, 15) is 0 Å². The standard InChI is InChI=1S/C27H50N.CH5N.H2O4S/c1-4-5-6-7-8-9-10-11-12-13-14-15-16-17-18-22-25-28(2,3)26-27-23-20-19-21-24-27;1-2;1-5(2,3)4/h19-21,23-24H,4-18,22,25-26H2,1-3H3;2H2,1H3;(H2,1,2,3,4)/q+1;;/p-1. The van der Waals surface area contributed by atoms with Gasteiger partial charge in [0.25, 0.3) is 0 Å². The fraction of sp³-hybridized carbons (Fsp3) is 0.786. The number of nitrogens with two attached hydrogens (primary N) is 1. The number of hydrogen-bond acceptors (Lipinski definition) is 4. The fourth-order valence-electron chi connectivity index (χ4n) is 4.24. The van der Waals surface area contributed by atoms with Crippen LogP contribution in [0.4, 0.5) is 0 Å². The Morgan fingerprint density at radius 2 is 1.03 bits per heavy atom. The number of benzene rings is 1. The third-order valence-electron chi connectivity index (χ3n) is 6.07. The van der Waals surface area contributed by atoms with Crippen LogP contribution >= 0.6 is 0 Å². The Balaban J connectivity index is 0. The minimum Gasteiger partial charge on any atom is -0.726 e. The van der Waals surface area contributed by atoms with Crippen molar-refractivity contribution in [2.24, 2.45) is 5.73 Å². The van der Waals surface area contributed by atoms with Gasteiger partial charge >= 0.3 is 0 Å². The predicted molar refractivity (Wildman–Crippen MR) is 149 cm³/mol. The predicted octanol–water partition coefficient (Wildman–Crippen LogP) is 7.10. The lowest BCUT2D eigenvalue weighted by molar-refractivity contribution is -0.903. The highest BCUT2D eigenvalue weighted by Gasteiger charge is 2.14. The summed E-state index contributed by atoms with van der Waals surface area (Å²) in [6, 6.07) is 10.9. The monoisotopic (exact) mass is 516 g/mol. The van der Waals surface area contributed by atoms with E-state index in [-0.39, 0.29) is 0 Å². The van der Waals surface area contributed by atoms with Crippen molar-refractivity contribution in [3.63, 3.8) is 0 Å².